The van der Waals surface area contributed by atoms with E-state index in [4.69, 9.17) is 5.73 Å². The second-order valence-corrected chi connectivity index (χ2v) is 7.07. The first-order chi connectivity index (χ1) is 9.66. The molecular formula is C18H28N2. The van der Waals surface area contributed by atoms with E-state index in [0.717, 1.165) is 11.8 Å². The summed E-state index contributed by atoms with van der Waals surface area (Å²) in [5.74, 6) is 2.21. The van der Waals surface area contributed by atoms with Crippen LogP contribution in [0, 0.1) is 17.8 Å². The number of fused-ring (bicyclic) bond motifs is 1. The zero-order chi connectivity index (χ0) is 14.1. The van der Waals surface area contributed by atoms with E-state index < -0.39 is 0 Å². The molecule has 20 heavy (non-hydrogen) atoms. The second kappa shape index (κ2) is 5.87. The molecule has 2 heteroatoms. The summed E-state index contributed by atoms with van der Waals surface area (Å²) in [5.41, 5.74) is 7.84. The van der Waals surface area contributed by atoms with Crippen LogP contribution in [0.5, 0.6) is 0 Å². The highest BCUT2D eigenvalue weighted by Gasteiger charge is 2.41. The van der Waals surface area contributed by atoms with Crippen molar-refractivity contribution in [3.05, 3.63) is 35.9 Å². The molecule has 1 heterocycles. The fourth-order valence-corrected chi connectivity index (χ4v) is 4.45. The van der Waals surface area contributed by atoms with E-state index >= 15 is 0 Å². The number of hydrogen-bond donors (Lipinski definition) is 1. The third-order valence-electron chi connectivity index (χ3n) is 5.35. The lowest BCUT2D eigenvalue weighted by molar-refractivity contribution is 0.182. The Hall–Kier alpha value is -0.860. The summed E-state index contributed by atoms with van der Waals surface area (Å²) >= 11 is 0. The topological polar surface area (TPSA) is 29.3 Å². The average molecular weight is 272 g/mol. The highest BCUT2D eigenvalue weighted by Crippen LogP contribution is 2.41. The average Bonchev–Trinajstić information content (AvgIpc) is 2.85. The maximum Gasteiger partial charge on any atom is 0.0371 e. The van der Waals surface area contributed by atoms with Crippen LogP contribution in [-0.2, 0) is 0 Å². The largest absolute Gasteiger partial charge is 0.327 e. The maximum absolute atomic E-state index is 6.37. The molecule has 2 aliphatic rings. The lowest BCUT2D eigenvalue weighted by Crippen LogP contribution is -2.38. The van der Waals surface area contributed by atoms with Crippen molar-refractivity contribution in [1.82, 2.24) is 4.90 Å². The lowest BCUT2D eigenvalue weighted by atomic mass is 9.78. The predicted molar refractivity (Wildman–Crippen MR) is 84.4 cm³/mol. The van der Waals surface area contributed by atoms with E-state index in [2.05, 4.69) is 49.1 Å². The summed E-state index contributed by atoms with van der Waals surface area (Å²) in [7, 11) is 0. The monoisotopic (exact) mass is 272 g/mol. The van der Waals surface area contributed by atoms with Crippen LogP contribution in [0.4, 0.5) is 0 Å². The molecule has 0 radical (unpaired) electrons. The molecule has 0 spiro atoms. The number of rotatable bonds is 3. The van der Waals surface area contributed by atoms with Crippen LogP contribution in [0.15, 0.2) is 30.3 Å². The van der Waals surface area contributed by atoms with E-state index in [1.54, 1.807) is 0 Å². The molecular weight excluding hydrogens is 244 g/mol. The zero-order valence-electron chi connectivity index (χ0n) is 12.8. The van der Waals surface area contributed by atoms with Crippen LogP contribution in [0.1, 0.15) is 44.7 Å². The van der Waals surface area contributed by atoms with E-state index in [-0.39, 0.29) is 0 Å². The molecule has 0 bridgehead atoms. The molecule has 0 aromatic heterocycles. The van der Waals surface area contributed by atoms with Gasteiger partial charge in [-0.15, -0.1) is 0 Å². The summed E-state index contributed by atoms with van der Waals surface area (Å²) < 4.78 is 0. The molecule has 2 fully saturated rings. The first kappa shape index (κ1) is 14.1. The van der Waals surface area contributed by atoms with Gasteiger partial charge < -0.3 is 5.73 Å². The molecule has 1 saturated heterocycles. The highest BCUT2D eigenvalue weighted by atomic mass is 15.2. The summed E-state index contributed by atoms with van der Waals surface area (Å²) in [4.78, 5) is 2.71. The Morgan fingerprint density at radius 3 is 2.50 bits per heavy atom. The number of hydrogen-bond acceptors (Lipinski definition) is 2. The molecule has 3 rings (SSSR count). The molecule has 1 aromatic rings. The minimum Gasteiger partial charge on any atom is -0.327 e. The molecule has 1 aliphatic carbocycles. The van der Waals surface area contributed by atoms with Crippen LogP contribution in [-0.4, -0.2) is 24.0 Å². The van der Waals surface area contributed by atoms with Crippen LogP contribution < -0.4 is 5.73 Å². The summed E-state index contributed by atoms with van der Waals surface area (Å²) in [5, 5.41) is 0. The molecule has 1 aliphatic heterocycles. The second-order valence-electron chi connectivity index (χ2n) is 7.07. The van der Waals surface area contributed by atoms with Crippen molar-refractivity contribution in [2.24, 2.45) is 23.5 Å². The normalized spacial score (nSPS) is 32.3. The van der Waals surface area contributed by atoms with Gasteiger partial charge in [-0.3, -0.25) is 4.90 Å². The molecule has 110 valence electrons. The van der Waals surface area contributed by atoms with Gasteiger partial charge in [-0.1, -0.05) is 50.6 Å². The Labute approximate surface area is 123 Å². The SMILES string of the molecule is CC(C)C(c1ccccc1)N1CC2CCCC(N)C2C1. The van der Waals surface area contributed by atoms with Crippen LogP contribution >= 0.6 is 0 Å². The van der Waals surface area contributed by atoms with Crippen LogP contribution in [0.25, 0.3) is 0 Å². The molecule has 4 atom stereocenters. The van der Waals surface area contributed by atoms with Gasteiger partial charge in [-0.05, 0) is 36.2 Å². The number of likely N-dealkylation sites (tertiary alicyclic amines) is 1. The van der Waals surface area contributed by atoms with Crippen molar-refractivity contribution in [2.75, 3.05) is 13.1 Å². The van der Waals surface area contributed by atoms with Gasteiger partial charge in [-0.25, -0.2) is 0 Å². The van der Waals surface area contributed by atoms with Crippen molar-refractivity contribution in [3.63, 3.8) is 0 Å². The molecule has 0 amide bonds. The summed E-state index contributed by atoms with van der Waals surface area (Å²) in [6, 6.07) is 12.0. The van der Waals surface area contributed by atoms with Crippen LogP contribution in [0.2, 0.25) is 0 Å². The van der Waals surface area contributed by atoms with Gasteiger partial charge in [0.15, 0.2) is 0 Å². The van der Waals surface area contributed by atoms with Gasteiger partial charge in [-0.2, -0.15) is 0 Å². The first-order valence-corrected chi connectivity index (χ1v) is 8.21. The van der Waals surface area contributed by atoms with Crippen molar-refractivity contribution in [2.45, 2.75) is 45.2 Å². The quantitative estimate of drug-likeness (QED) is 0.913. The zero-order valence-corrected chi connectivity index (χ0v) is 12.8. The minimum absolute atomic E-state index is 0.433. The fourth-order valence-electron chi connectivity index (χ4n) is 4.45. The smallest absolute Gasteiger partial charge is 0.0371 e. The van der Waals surface area contributed by atoms with Gasteiger partial charge >= 0.3 is 0 Å². The van der Waals surface area contributed by atoms with Gasteiger partial charge in [0.2, 0.25) is 0 Å². The number of nitrogens with two attached hydrogens (primary N) is 1. The van der Waals surface area contributed by atoms with Gasteiger partial charge in [0.25, 0.3) is 0 Å². The molecule has 2 nitrogen and oxygen atoms in total. The van der Waals surface area contributed by atoms with Gasteiger partial charge in [0, 0.05) is 25.2 Å². The Kier molecular flexibility index (Phi) is 4.13. The first-order valence-electron chi connectivity index (χ1n) is 8.21. The van der Waals surface area contributed by atoms with E-state index in [1.807, 2.05) is 0 Å². The van der Waals surface area contributed by atoms with E-state index in [9.17, 15) is 0 Å². The Morgan fingerprint density at radius 2 is 1.85 bits per heavy atom. The fraction of sp³-hybridized carbons (Fsp3) is 0.667. The van der Waals surface area contributed by atoms with E-state index in [1.165, 1.54) is 37.9 Å². The highest BCUT2D eigenvalue weighted by molar-refractivity contribution is 5.20. The maximum atomic E-state index is 6.37. The van der Waals surface area contributed by atoms with Crippen LogP contribution in [0.3, 0.4) is 0 Å². The summed E-state index contributed by atoms with van der Waals surface area (Å²) in [6.07, 6.45) is 3.94. The lowest BCUT2D eigenvalue weighted by Gasteiger charge is -2.32. The Morgan fingerprint density at radius 1 is 1.10 bits per heavy atom. The standard InChI is InChI=1S/C18H28N2/c1-13(2)18(14-7-4-3-5-8-14)20-11-15-9-6-10-17(19)16(15)12-20/h3-5,7-8,13,15-18H,6,9-12,19H2,1-2H3. The molecule has 4 unspecified atom stereocenters. The van der Waals surface area contributed by atoms with Crippen molar-refractivity contribution < 1.29 is 0 Å². The Bertz CT molecular complexity index is 428. The number of nitrogens with zero attached hydrogens (tertiary/aromatic N) is 1. The third-order valence-corrected chi connectivity index (χ3v) is 5.35. The number of benzene rings is 1. The van der Waals surface area contributed by atoms with Crippen molar-refractivity contribution in [1.29, 1.82) is 0 Å². The minimum atomic E-state index is 0.433. The van der Waals surface area contributed by atoms with Crippen molar-refractivity contribution >= 4 is 0 Å². The molecule has 2 N–H and O–H groups in total. The predicted octanol–water partition coefficient (Wildman–Crippen LogP) is 3.44. The Balaban J connectivity index is 1.80. The molecule has 1 saturated carbocycles. The van der Waals surface area contributed by atoms with E-state index in [0.29, 0.717) is 18.0 Å². The van der Waals surface area contributed by atoms with Crippen molar-refractivity contribution in [3.8, 4) is 0 Å². The van der Waals surface area contributed by atoms with Gasteiger partial charge in [0.1, 0.15) is 0 Å². The van der Waals surface area contributed by atoms with Gasteiger partial charge in [0.05, 0.1) is 0 Å². The third kappa shape index (κ3) is 2.64. The molecule has 1 aromatic carbocycles. The summed E-state index contributed by atoms with van der Waals surface area (Å²) in [6.45, 7) is 7.14.